The number of carbonyl (C=O) groups is 1. The Labute approximate surface area is 199 Å². The van der Waals surface area contributed by atoms with Gasteiger partial charge in [-0.1, -0.05) is 41.2 Å². The largest absolute Gasteiger partial charge is 0.469 e. The topological polar surface area (TPSA) is 76.0 Å². The molecule has 1 heterocycles. The fourth-order valence-corrected chi connectivity index (χ4v) is 6.80. The van der Waals surface area contributed by atoms with Crippen LogP contribution in [0.1, 0.15) is 57.8 Å². The molecule has 0 aromatic carbocycles. The molecule has 2 saturated carbocycles. The fraction of sp³-hybridized carbons (Fsp3) is 0.870. The molecule has 0 bridgehead atoms. The van der Waals surface area contributed by atoms with E-state index >= 15 is 0 Å². The zero-order chi connectivity index (χ0) is 21.7. The first-order chi connectivity index (χ1) is 14.4. The van der Waals surface area contributed by atoms with Crippen LogP contribution in [0.25, 0.3) is 0 Å². The Morgan fingerprint density at radius 3 is 2.87 bits per heavy atom. The minimum absolute atomic E-state index is 0.0494. The Kier molecular flexibility index (Phi) is 9.75. The molecule has 9 atom stereocenters. The summed E-state index contributed by atoms with van der Waals surface area (Å²) in [5.74, 6) is 1.84. The first-order valence-electron chi connectivity index (χ1n) is 11.4. The predicted molar refractivity (Wildman–Crippen MR) is 126 cm³/mol. The Morgan fingerprint density at radius 2 is 2.13 bits per heavy atom. The summed E-state index contributed by atoms with van der Waals surface area (Å²) in [6, 6.07) is 0. The number of aliphatic hydroxyl groups excluding tert-OH is 2. The maximum atomic E-state index is 11.3. The molecule has 3 fully saturated rings. The molecule has 3 rings (SSSR count). The van der Waals surface area contributed by atoms with Gasteiger partial charge < -0.3 is 19.7 Å². The van der Waals surface area contributed by atoms with Crippen molar-refractivity contribution < 1.29 is 24.5 Å². The number of rotatable bonds is 10. The third-order valence-electron chi connectivity index (χ3n) is 7.35. The van der Waals surface area contributed by atoms with Crippen molar-refractivity contribution in [3.8, 4) is 0 Å². The third-order valence-corrected chi connectivity index (χ3v) is 8.99. The zero-order valence-electron chi connectivity index (χ0n) is 17.8. The second-order valence-electron chi connectivity index (χ2n) is 9.27. The van der Waals surface area contributed by atoms with E-state index in [4.69, 9.17) is 21.1 Å². The van der Waals surface area contributed by atoms with Crippen molar-refractivity contribution in [2.75, 3.05) is 13.0 Å². The highest BCUT2D eigenvalue weighted by atomic mass is 127. The van der Waals surface area contributed by atoms with Gasteiger partial charge >= 0.3 is 5.97 Å². The van der Waals surface area contributed by atoms with Crippen LogP contribution in [0, 0.1) is 23.7 Å². The normalized spacial score (nSPS) is 38.1. The highest BCUT2D eigenvalue weighted by Crippen LogP contribution is 2.46. The van der Waals surface area contributed by atoms with Crippen LogP contribution in [-0.4, -0.2) is 57.5 Å². The van der Waals surface area contributed by atoms with Gasteiger partial charge in [0.2, 0.25) is 0 Å². The molecule has 1 saturated heterocycles. The van der Waals surface area contributed by atoms with Gasteiger partial charge in [0.15, 0.2) is 0 Å². The van der Waals surface area contributed by atoms with Crippen LogP contribution >= 0.6 is 34.2 Å². The molecule has 0 aromatic rings. The van der Waals surface area contributed by atoms with Crippen molar-refractivity contribution in [3.63, 3.8) is 0 Å². The Hall–Kier alpha value is 0.110. The van der Waals surface area contributed by atoms with E-state index in [1.165, 1.54) is 7.11 Å². The minimum atomic E-state index is -0.440. The highest BCUT2D eigenvalue weighted by Gasteiger charge is 2.49. The van der Waals surface area contributed by atoms with E-state index in [0.717, 1.165) is 44.9 Å². The summed E-state index contributed by atoms with van der Waals surface area (Å²) >= 11 is 8.30. The van der Waals surface area contributed by atoms with E-state index in [9.17, 15) is 15.0 Å². The van der Waals surface area contributed by atoms with Crippen molar-refractivity contribution in [2.24, 2.45) is 23.7 Å². The molecule has 0 aromatic heterocycles. The molecule has 172 valence electrons. The number of alkyl halides is 2. The van der Waals surface area contributed by atoms with Crippen LogP contribution in [0.2, 0.25) is 0 Å². The zero-order valence-corrected chi connectivity index (χ0v) is 20.7. The van der Waals surface area contributed by atoms with Gasteiger partial charge in [-0.05, 0) is 56.3 Å². The summed E-state index contributed by atoms with van der Waals surface area (Å²) in [6.45, 7) is 0. The van der Waals surface area contributed by atoms with Gasteiger partial charge in [-0.25, -0.2) is 0 Å². The van der Waals surface area contributed by atoms with E-state index in [0.29, 0.717) is 40.4 Å². The Bertz CT molecular complexity index is 588. The first kappa shape index (κ1) is 24.7. The first-order valence-corrected chi connectivity index (χ1v) is 13.2. The molecule has 7 heteroatoms. The molecule has 2 aliphatic carbocycles. The minimum Gasteiger partial charge on any atom is -0.469 e. The number of fused-ring (bicyclic) bond motifs is 1. The average Bonchev–Trinajstić information content (AvgIpc) is 3.41. The van der Waals surface area contributed by atoms with E-state index in [2.05, 4.69) is 28.7 Å². The van der Waals surface area contributed by atoms with Crippen molar-refractivity contribution in [2.45, 2.75) is 86.1 Å². The Morgan fingerprint density at radius 1 is 1.33 bits per heavy atom. The summed E-state index contributed by atoms with van der Waals surface area (Å²) in [7, 11) is 1.42. The van der Waals surface area contributed by atoms with Gasteiger partial charge in [-0.3, -0.25) is 4.79 Å². The van der Waals surface area contributed by atoms with E-state index in [1.54, 1.807) is 0 Å². The summed E-state index contributed by atoms with van der Waals surface area (Å²) in [5, 5.41) is 21.2. The number of carbonyl (C=O) groups excluding carboxylic acids is 1. The number of methoxy groups -OCH3 is 1. The molecule has 2 N–H and O–H groups in total. The quantitative estimate of drug-likeness (QED) is 0.183. The van der Waals surface area contributed by atoms with Crippen LogP contribution < -0.4 is 0 Å². The number of halogens is 2. The standard InChI is InChI=1S/C23H36ClIO5/c1-29-23(28)4-2-3-18(25)22-12-17-16(20(27)13-21(17)30-22)7-8-19(26)15-6-5-14(11-15)9-10-24/h7-8,14-22,26-27H,2-6,9-13H2,1H3/b8-7+/t14?,15?,16-,17-,18?,19-,20-,21-,22?/m1/s1. The lowest BCUT2D eigenvalue weighted by Crippen LogP contribution is -2.24. The highest BCUT2D eigenvalue weighted by molar-refractivity contribution is 14.1. The molecular formula is C23H36ClIO5. The molecule has 4 unspecified atom stereocenters. The fourth-order valence-electron chi connectivity index (χ4n) is 5.59. The molecule has 0 radical (unpaired) electrons. The van der Waals surface area contributed by atoms with Crippen molar-refractivity contribution in [1.82, 2.24) is 0 Å². The van der Waals surface area contributed by atoms with Gasteiger partial charge in [0.25, 0.3) is 0 Å². The number of aliphatic hydroxyl groups is 2. The number of esters is 1. The lowest BCUT2D eigenvalue weighted by molar-refractivity contribution is -0.140. The Balaban J connectivity index is 1.48. The van der Waals surface area contributed by atoms with Crippen molar-refractivity contribution in [1.29, 1.82) is 0 Å². The van der Waals surface area contributed by atoms with E-state index < -0.39 is 12.2 Å². The molecule has 3 aliphatic rings. The van der Waals surface area contributed by atoms with Gasteiger partial charge in [0.1, 0.15) is 0 Å². The van der Waals surface area contributed by atoms with Gasteiger partial charge in [0, 0.05) is 28.6 Å². The molecule has 1 aliphatic heterocycles. The smallest absolute Gasteiger partial charge is 0.305 e. The second-order valence-corrected chi connectivity index (χ2v) is 11.2. The van der Waals surface area contributed by atoms with Crippen molar-refractivity contribution in [3.05, 3.63) is 12.2 Å². The molecule has 5 nitrogen and oxygen atoms in total. The molecular weight excluding hydrogens is 519 g/mol. The number of hydrogen-bond donors (Lipinski definition) is 2. The summed E-state index contributed by atoms with van der Waals surface area (Å²) in [5.41, 5.74) is 0. The summed E-state index contributed by atoms with van der Waals surface area (Å²) in [6.07, 6.45) is 11.5. The summed E-state index contributed by atoms with van der Waals surface area (Å²) in [4.78, 5) is 11.3. The molecule has 0 spiro atoms. The van der Waals surface area contributed by atoms with Crippen LogP contribution in [-0.2, 0) is 14.3 Å². The number of ether oxygens (including phenoxy) is 2. The number of hydrogen-bond acceptors (Lipinski definition) is 5. The maximum Gasteiger partial charge on any atom is 0.305 e. The van der Waals surface area contributed by atoms with E-state index in [1.807, 2.05) is 6.08 Å². The average molecular weight is 555 g/mol. The van der Waals surface area contributed by atoms with Gasteiger partial charge in [0.05, 0.1) is 31.5 Å². The SMILES string of the molecule is COC(=O)CCCC(I)C1C[C@@H]2[C@@H](/C=C/[C@@H](O)C3CCC(CCCl)C3)[C@H](O)C[C@H]2O1. The van der Waals surface area contributed by atoms with Crippen LogP contribution in [0.15, 0.2) is 12.2 Å². The lowest BCUT2D eigenvalue weighted by atomic mass is 9.88. The van der Waals surface area contributed by atoms with Crippen LogP contribution in [0.4, 0.5) is 0 Å². The van der Waals surface area contributed by atoms with Gasteiger partial charge in [-0.2, -0.15) is 0 Å². The van der Waals surface area contributed by atoms with Crippen LogP contribution in [0.5, 0.6) is 0 Å². The molecule has 30 heavy (non-hydrogen) atoms. The predicted octanol–water partition coefficient (Wildman–Crippen LogP) is 4.25. The monoisotopic (exact) mass is 554 g/mol. The second kappa shape index (κ2) is 11.8. The van der Waals surface area contributed by atoms with E-state index in [-0.39, 0.29) is 24.1 Å². The van der Waals surface area contributed by atoms with Crippen molar-refractivity contribution >= 4 is 40.2 Å². The summed E-state index contributed by atoms with van der Waals surface area (Å²) < 4.78 is 11.3. The third kappa shape index (κ3) is 6.33. The van der Waals surface area contributed by atoms with Gasteiger partial charge in [-0.15, -0.1) is 11.6 Å². The lowest BCUT2D eigenvalue weighted by Gasteiger charge is -2.21. The van der Waals surface area contributed by atoms with Crippen LogP contribution in [0.3, 0.4) is 0 Å². The maximum absolute atomic E-state index is 11.3. The molecule has 0 amide bonds.